The molecule has 1 unspecified atom stereocenters. The lowest BCUT2D eigenvalue weighted by Crippen LogP contribution is -1.99. The van der Waals surface area contributed by atoms with Crippen LogP contribution in [0.4, 0.5) is 0 Å². The van der Waals surface area contributed by atoms with Crippen molar-refractivity contribution < 1.29 is 13.0 Å². The number of benzene rings is 1. The van der Waals surface area contributed by atoms with Gasteiger partial charge >= 0.3 is 0 Å². The van der Waals surface area contributed by atoms with Crippen LogP contribution in [0.3, 0.4) is 0 Å². The van der Waals surface area contributed by atoms with Gasteiger partial charge in [-0.1, -0.05) is 51.7 Å². The maximum absolute atomic E-state index is 10.9. The van der Waals surface area contributed by atoms with Crippen LogP contribution in [0.15, 0.2) is 29.2 Å². The van der Waals surface area contributed by atoms with Crippen molar-refractivity contribution in [3.8, 4) is 0 Å². The monoisotopic (exact) mass is 270 g/mol. The van der Waals surface area contributed by atoms with Gasteiger partial charge in [0.15, 0.2) is 0 Å². The molecule has 0 radical (unpaired) electrons. The summed E-state index contributed by atoms with van der Waals surface area (Å²) >= 11 is 0. The molecule has 0 saturated heterocycles. The van der Waals surface area contributed by atoms with Crippen molar-refractivity contribution in [2.45, 2.75) is 56.8 Å². The highest BCUT2D eigenvalue weighted by atomic mass is 32.2. The van der Waals surface area contributed by atoms with Gasteiger partial charge in [-0.15, -0.1) is 0 Å². The first-order valence-electron chi connectivity index (χ1n) is 6.52. The zero-order valence-corrected chi connectivity index (χ0v) is 11.9. The van der Waals surface area contributed by atoms with Crippen molar-refractivity contribution >= 4 is 10.1 Å². The highest BCUT2D eigenvalue weighted by Gasteiger charge is 2.10. The highest BCUT2D eigenvalue weighted by Crippen LogP contribution is 2.23. The smallest absolute Gasteiger partial charge is 0.282 e. The minimum Gasteiger partial charge on any atom is -0.282 e. The SMILES string of the molecule is CCCCCCC(C)c1ccc(S(=O)(=O)O)cc1. The van der Waals surface area contributed by atoms with Gasteiger partial charge in [0.2, 0.25) is 0 Å². The Kier molecular flexibility index (Phi) is 5.82. The topological polar surface area (TPSA) is 54.4 Å². The predicted molar refractivity (Wildman–Crippen MR) is 73.4 cm³/mol. The Labute approximate surface area is 110 Å². The van der Waals surface area contributed by atoms with E-state index in [0.717, 1.165) is 12.0 Å². The van der Waals surface area contributed by atoms with Crippen molar-refractivity contribution in [2.75, 3.05) is 0 Å². The van der Waals surface area contributed by atoms with Gasteiger partial charge in [0.1, 0.15) is 0 Å². The molecule has 0 saturated carbocycles. The van der Waals surface area contributed by atoms with Crippen LogP contribution in [-0.2, 0) is 10.1 Å². The second kappa shape index (κ2) is 6.90. The molecule has 1 aromatic carbocycles. The molecule has 0 heterocycles. The zero-order chi connectivity index (χ0) is 13.6. The summed E-state index contributed by atoms with van der Waals surface area (Å²) in [5.41, 5.74) is 1.12. The molecule has 1 N–H and O–H groups in total. The zero-order valence-electron chi connectivity index (χ0n) is 11.1. The minimum absolute atomic E-state index is 0.0376. The molecule has 3 nitrogen and oxygen atoms in total. The molecular weight excluding hydrogens is 248 g/mol. The van der Waals surface area contributed by atoms with Crippen molar-refractivity contribution in [2.24, 2.45) is 0 Å². The molecule has 4 heteroatoms. The Hall–Kier alpha value is -0.870. The summed E-state index contributed by atoms with van der Waals surface area (Å²) in [5.74, 6) is 0.428. The second-order valence-electron chi connectivity index (χ2n) is 4.79. The van der Waals surface area contributed by atoms with E-state index in [-0.39, 0.29) is 4.90 Å². The van der Waals surface area contributed by atoms with Crippen LogP contribution in [0.25, 0.3) is 0 Å². The van der Waals surface area contributed by atoms with Crippen LogP contribution in [-0.4, -0.2) is 13.0 Å². The second-order valence-corrected chi connectivity index (χ2v) is 6.22. The van der Waals surface area contributed by atoms with Crippen molar-refractivity contribution in [1.82, 2.24) is 0 Å². The third kappa shape index (κ3) is 4.78. The summed E-state index contributed by atoms with van der Waals surface area (Å²) in [7, 11) is -4.07. The molecule has 102 valence electrons. The Morgan fingerprint density at radius 3 is 2.22 bits per heavy atom. The molecule has 18 heavy (non-hydrogen) atoms. The van der Waals surface area contributed by atoms with Gasteiger partial charge < -0.3 is 0 Å². The largest absolute Gasteiger partial charge is 0.294 e. The molecule has 0 fully saturated rings. The Balaban J connectivity index is 2.57. The lowest BCUT2D eigenvalue weighted by molar-refractivity contribution is 0.483. The Morgan fingerprint density at radius 2 is 1.72 bits per heavy atom. The van der Waals surface area contributed by atoms with E-state index >= 15 is 0 Å². The molecule has 0 aliphatic heterocycles. The number of hydrogen-bond acceptors (Lipinski definition) is 2. The summed E-state index contributed by atoms with van der Waals surface area (Å²) in [6.07, 6.45) is 6.08. The van der Waals surface area contributed by atoms with E-state index in [4.69, 9.17) is 4.55 Å². The maximum Gasteiger partial charge on any atom is 0.294 e. The van der Waals surface area contributed by atoms with E-state index in [1.165, 1.54) is 37.8 Å². The first-order chi connectivity index (χ1) is 8.45. The molecule has 0 amide bonds. The van der Waals surface area contributed by atoms with E-state index in [9.17, 15) is 8.42 Å². The number of rotatable bonds is 7. The van der Waals surface area contributed by atoms with Crippen LogP contribution in [0, 0.1) is 0 Å². The van der Waals surface area contributed by atoms with Gasteiger partial charge in [-0.05, 0) is 30.0 Å². The quantitative estimate of drug-likeness (QED) is 0.601. The Bertz CT molecular complexity index is 448. The average molecular weight is 270 g/mol. The van der Waals surface area contributed by atoms with Crippen LogP contribution in [0.1, 0.15) is 57.4 Å². The average Bonchev–Trinajstić information content (AvgIpc) is 2.33. The van der Waals surface area contributed by atoms with Gasteiger partial charge in [0.05, 0.1) is 4.90 Å². The van der Waals surface area contributed by atoms with Crippen molar-refractivity contribution in [3.05, 3.63) is 29.8 Å². The molecule has 0 bridgehead atoms. The summed E-state index contributed by atoms with van der Waals surface area (Å²) in [5, 5.41) is 0. The van der Waals surface area contributed by atoms with E-state index in [2.05, 4.69) is 13.8 Å². The molecule has 1 atom stereocenters. The van der Waals surface area contributed by atoms with E-state index in [0.29, 0.717) is 5.92 Å². The molecular formula is C14H22O3S. The van der Waals surface area contributed by atoms with Gasteiger partial charge in [-0.3, -0.25) is 4.55 Å². The van der Waals surface area contributed by atoms with E-state index in [1.54, 1.807) is 12.1 Å². The van der Waals surface area contributed by atoms with E-state index in [1.807, 2.05) is 0 Å². The van der Waals surface area contributed by atoms with Gasteiger partial charge in [-0.2, -0.15) is 8.42 Å². The lowest BCUT2D eigenvalue weighted by atomic mass is 9.95. The van der Waals surface area contributed by atoms with Gasteiger partial charge in [0, 0.05) is 0 Å². The molecule has 0 aliphatic rings. The van der Waals surface area contributed by atoms with Crippen LogP contribution < -0.4 is 0 Å². The fraction of sp³-hybridized carbons (Fsp3) is 0.571. The first-order valence-corrected chi connectivity index (χ1v) is 7.96. The Morgan fingerprint density at radius 1 is 1.11 bits per heavy atom. The van der Waals surface area contributed by atoms with Crippen LogP contribution in [0.5, 0.6) is 0 Å². The third-order valence-electron chi connectivity index (χ3n) is 3.24. The maximum atomic E-state index is 10.9. The number of unbranched alkanes of at least 4 members (excludes halogenated alkanes) is 3. The van der Waals surface area contributed by atoms with E-state index < -0.39 is 10.1 Å². The summed E-state index contributed by atoms with van der Waals surface area (Å²) in [6.45, 7) is 4.34. The molecule has 0 spiro atoms. The standard InChI is InChI=1S/C14H22O3S/c1-3-4-5-6-7-12(2)13-8-10-14(11-9-13)18(15,16)17/h8-12H,3-7H2,1-2H3,(H,15,16,17). The molecule has 0 aromatic heterocycles. The van der Waals surface area contributed by atoms with Crippen LogP contribution in [0.2, 0.25) is 0 Å². The molecule has 1 aromatic rings. The highest BCUT2D eigenvalue weighted by molar-refractivity contribution is 7.85. The van der Waals surface area contributed by atoms with Crippen LogP contribution >= 0.6 is 0 Å². The van der Waals surface area contributed by atoms with Crippen molar-refractivity contribution in [1.29, 1.82) is 0 Å². The summed E-state index contributed by atoms with van der Waals surface area (Å²) in [4.78, 5) is -0.0376. The predicted octanol–water partition coefficient (Wildman–Crippen LogP) is 4.01. The minimum atomic E-state index is -4.07. The first kappa shape index (κ1) is 15.2. The number of hydrogen-bond donors (Lipinski definition) is 1. The van der Waals surface area contributed by atoms with Gasteiger partial charge in [0.25, 0.3) is 10.1 Å². The fourth-order valence-electron chi connectivity index (χ4n) is 2.01. The molecule has 0 aliphatic carbocycles. The summed E-state index contributed by atoms with van der Waals surface area (Å²) < 4.78 is 30.7. The molecule has 1 rings (SSSR count). The normalized spacial score (nSPS) is 13.5. The third-order valence-corrected chi connectivity index (χ3v) is 4.11. The van der Waals surface area contributed by atoms with Gasteiger partial charge in [-0.25, -0.2) is 0 Å². The van der Waals surface area contributed by atoms with Crippen molar-refractivity contribution in [3.63, 3.8) is 0 Å². The lowest BCUT2D eigenvalue weighted by Gasteiger charge is -2.11. The fourth-order valence-corrected chi connectivity index (χ4v) is 2.49. The summed E-state index contributed by atoms with van der Waals surface area (Å²) in [6, 6.07) is 6.50.